The summed E-state index contributed by atoms with van der Waals surface area (Å²) >= 11 is 0. The van der Waals surface area contributed by atoms with E-state index in [4.69, 9.17) is 0 Å². The summed E-state index contributed by atoms with van der Waals surface area (Å²) in [6.07, 6.45) is 5.22. The average molecular weight is 288 g/mol. The van der Waals surface area contributed by atoms with Crippen LogP contribution >= 0.6 is 0 Å². The number of benzene rings is 1. The van der Waals surface area contributed by atoms with Crippen molar-refractivity contribution in [1.82, 2.24) is 10.2 Å². The van der Waals surface area contributed by atoms with Gasteiger partial charge in [-0.3, -0.25) is 4.90 Å². The molecule has 2 unspecified atom stereocenters. The molecule has 0 spiro atoms. The molecule has 0 bridgehead atoms. The van der Waals surface area contributed by atoms with Gasteiger partial charge in [0.1, 0.15) is 0 Å². The quantitative estimate of drug-likeness (QED) is 0.822. The van der Waals surface area contributed by atoms with Gasteiger partial charge in [-0.15, -0.1) is 0 Å². The molecule has 1 aromatic carbocycles. The molecule has 21 heavy (non-hydrogen) atoms. The second kappa shape index (κ2) is 8.55. The predicted octanol–water partition coefficient (Wildman–Crippen LogP) is 3.72. The lowest BCUT2D eigenvalue weighted by Gasteiger charge is -2.38. The third-order valence-electron chi connectivity index (χ3n) is 4.64. The number of nitrogens with zero attached hydrogens (tertiary/aromatic N) is 1. The van der Waals surface area contributed by atoms with Crippen LogP contribution in [0, 0.1) is 5.92 Å². The lowest BCUT2D eigenvalue weighted by atomic mass is 10.00. The smallest absolute Gasteiger partial charge is 0.0236 e. The molecule has 0 radical (unpaired) electrons. The first-order chi connectivity index (χ1) is 10.1. The van der Waals surface area contributed by atoms with Gasteiger partial charge in [-0.25, -0.2) is 0 Å². The van der Waals surface area contributed by atoms with E-state index < -0.39 is 0 Å². The Labute approximate surface area is 130 Å². The van der Waals surface area contributed by atoms with Crippen LogP contribution in [0.2, 0.25) is 0 Å². The van der Waals surface area contributed by atoms with Gasteiger partial charge in [-0.2, -0.15) is 0 Å². The van der Waals surface area contributed by atoms with Gasteiger partial charge >= 0.3 is 0 Å². The van der Waals surface area contributed by atoms with Gasteiger partial charge in [0.2, 0.25) is 0 Å². The molecular formula is C19H32N2. The maximum atomic E-state index is 3.69. The Balaban J connectivity index is 1.77. The van der Waals surface area contributed by atoms with Gasteiger partial charge < -0.3 is 5.32 Å². The molecular weight excluding hydrogens is 256 g/mol. The van der Waals surface area contributed by atoms with Crippen molar-refractivity contribution in [3.8, 4) is 0 Å². The molecule has 0 amide bonds. The third kappa shape index (κ3) is 5.80. The molecule has 2 rings (SSSR count). The first kappa shape index (κ1) is 16.5. The van der Waals surface area contributed by atoms with E-state index in [0.29, 0.717) is 6.04 Å². The molecule has 1 aromatic rings. The van der Waals surface area contributed by atoms with Crippen molar-refractivity contribution in [3.63, 3.8) is 0 Å². The lowest BCUT2D eigenvalue weighted by molar-refractivity contribution is 0.143. The minimum atomic E-state index is 0.605. The minimum absolute atomic E-state index is 0.605. The first-order valence-electron chi connectivity index (χ1n) is 8.66. The fraction of sp³-hybridized carbons (Fsp3) is 0.684. The highest BCUT2D eigenvalue weighted by atomic mass is 15.2. The predicted molar refractivity (Wildman–Crippen MR) is 91.7 cm³/mol. The van der Waals surface area contributed by atoms with Crippen molar-refractivity contribution in [2.45, 2.75) is 58.5 Å². The molecule has 1 heterocycles. The van der Waals surface area contributed by atoms with Crippen LogP contribution < -0.4 is 5.32 Å². The van der Waals surface area contributed by atoms with Crippen LogP contribution in [-0.4, -0.2) is 36.6 Å². The summed E-state index contributed by atoms with van der Waals surface area (Å²) in [5, 5.41) is 3.69. The molecule has 0 aliphatic carbocycles. The summed E-state index contributed by atoms with van der Waals surface area (Å²) in [4.78, 5) is 2.68. The van der Waals surface area contributed by atoms with Gasteiger partial charge in [0.25, 0.3) is 0 Å². The first-order valence-corrected chi connectivity index (χ1v) is 8.66. The van der Waals surface area contributed by atoms with E-state index in [0.717, 1.165) is 24.9 Å². The van der Waals surface area contributed by atoms with E-state index in [-0.39, 0.29) is 0 Å². The largest absolute Gasteiger partial charge is 0.311 e. The molecule has 2 heteroatoms. The maximum absolute atomic E-state index is 3.69. The van der Waals surface area contributed by atoms with Crippen LogP contribution in [0.25, 0.3) is 0 Å². The summed E-state index contributed by atoms with van der Waals surface area (Å²) in [5.74, 6) is 0.839. The monoisotopic (exact) mass is 288 g/mol. The normalized spacial score (nSPS) is 21.6. The van der Waals surface area contributed by atoms with Crippen LogP contribution in [0.4, 0.5) is 0 Å². The molecule has 0 saturated carbocycles. The highest BCUT2D eigenvalue weighted by Crippen LogP contribution is 2.15. The lowest BCUT2D eigenvalue weighted by Crippen LogP contribution is -2.54. The zero-order chi connectivity index (χ0) is 15.1. The van der Waals surface area contributed by atoms with Gasteiger partial charge in [-0.1, -0.05) is 57.0 Å². The number of rotatable bonds is 7. The molecule has 0 aromatic heterocycles. The molecule has 1 N–H and O–H groups in total. The average Bonchev–Trinajstić information content (AvgIpc) is 2.48. The van der Waals surface area contributed by atoms with Crippen LogP contribution in [0.1, 0.15) is 45.6 Å². The van der Waals surface area contributed by atoms with Crippen molar-refractivity contribution in [3.05, 3.63) is 35.9 Å². The van der Waals surface area contributed by atoms with E-state index in [1.54, 1.807) is 0 Å². The SMILES string of the molecule is CC(C)CCCC(C)N1CCNC(Cc2ccccc2)C1. The number of hydrogen-bond donors (Lipinski definition) is 1. The number of nitrogens with one attached hydrogen (secondary N) is 1. The standard InChI is InChI=1S/C19H32N2/c1-16(2)8-7-9-17(3)21-13-12-20-19(15-21)14-18-10-5-4-6-11-18/h4-6,10-11,16-17,19-20H,7-9,12-15H2,1-3H3. The van der Waals surface area contributed by atoms with Gasteiger partial charge in [0.15, 0.2) is 0 Å². The Morgan fingerprint density at radius 2 is 1.90 bits per heavy atom. The van der Waals surface area contributed by atoms with Gasteiger partial charge in [0, 0.05) is 31.7 Å². The van der Waals surface area contributed by atoms with Crippen molar-refractivity contribution < 1.29 is 0 Å². The third-order valence-corrected chi connectivity index (χ3v) is 4.64. The fourth-order valence-corrected chi connectivity index (χ4v) is 3.29. The van der Waals surface area contributed by atoms with Gasteiger partial charge in [-0.05, 0) is 31.2 Å². The molecule has 1 aliphatic rings. The van der Waals surface area contributed by atoms with E-state index >= 15 is 0 Å². The van der Waals surface area contributed by atoms with Crippen LogP contribution in [-0.2, 0) is 6.42 Å². The van der Waals surface area contributed by atoms with Gasteiger partial charge in [0.05, 0.1) is 0 Å². The highest BCUT2D eigenvalue weighted by Gasteiger charge is 2.22. The maximum Gasteiger partial charge on any atom is 0.0236 e. The van der Waals surface area contributed by atoms with Crippen molar-refractivity contribution in [2.75, 3.05) is 19.6 Å². The van der Waals surface area contributed by atoms with E-state index in [9.17, 15) is 0 Å². The highest BCUT2D eigenvalue weighted by molar-refractivity contribution is 5.16. The molecule has 1 aliphatic heterocycles. The van der Waals surface area contributed by atoms with E-state index in [1.165, 1.54) is 37.9 Å². The van der Waals surface area contributed by atoms with Crippen LogP contribution in [0.3, 0.4) is 0 Å². The second-order valence-corrected chi connectivity index (χ2v) is 7.01. The topological polar surface area (TPSA) is 15.3 Å². The van der Waals surface area contributed by atoms with E-state index in [1.807, 2.05) is 0 Å². The van der Waals surface area contributed by atoms with E-state index in [2.05, 4.69) is 61.3 Å². The summed E-state index contributed by atoms with van der Waals surface area (Å²) in [6.45, 7) is 10.6. The zero-order valence-electron chi connectivity index (χ0n) is 14.0. The summed E-state index contributed by atoms with van der Waals surface area (Å²) in [7, 11) is 0. The molecule has 118 valence electrons. The Hall–Kier alpha value is -0.860. The Morgan fingerprint density at radius 3 is 2.62 bits per heavy atom. The second-order valence-electron chi connectivity index (χ2n) is 7.01. The number of hydrogen-bond acceptors (Lipinski definition) is 2. The Kier molecular flexibility index (Phi) is 6.72. The zero-order valence-corrected chi connectivity index (χ0v) is 14.0. The Morgan fingerprint density at radius 1 is 1.14 bits per heavy atom. The minimum Gasteiger partial charge on any atom is -0.311 e. The summed E-state index contributed by atoms with van der Waals surface area (Å²) in [5.41, 5.74) is 1.45. The van der Waals surface area contributed by atoms with Crippen LogP contribution in [0.5, 0.6) is 0 Å². The summed E-state index contributed by atoms with van der Waals surface area (Å²) in [6, 6.07) is 12.2. The van der Waals surface area contributed by atoms with Crippen LogP contribution in [0.15, 0.2) is 30.3 Å². The Bertz CT molecular complexity index is 388. The van der Waals surface area contributed by atoms with Crippen molar-refractivity contribution in [1.29, 1.82) is 0 Å². The molecule has 2 nitrogen and oxygen atoms in total. The molecule has 1 fully saturated rings. The van der Waals surface area contributed by atoms with Crippen molar-refractivity contribution >= 4 is 0 Å². The fourth-order valence-electron chi connectivity index (χ4n) is 3.29. The van der Waals surface area contributed by atoms with Crippen molar-refractivity contribution in [2.24, 2.45) is 5.92 Å². The number of piperazine rings is 1. The molecule has 1 saturated heterocycles. The molecule has 2 atom stereocenters. The summed E-state index contributed by atoms with van der Waals surface area (Å²) < 4.78 is 0.